The van der Waals surface area contributed by atoms with Crippen molar-refractivity contribution in [2.24, 2.45) is 5.41 Å². The molecule has 1 aliphatic carbocycles. The molecule has 1 N–H and O–H groups in total. The first-order valence-electron chi connectivity index (χ1n) is 15.5. The van der Waals surface area contributed by atoms with Crippen LogP contribution in [0.15, 0.2) is 53.4 Å². The van der Waals surface area contributed by atoms with Crippen LogP contribution < -0.4 is 9.46 Å². The van der Waals surface area contributed by atoms with Crippen LogP contribution in [-0.4, -0.2) is 85.1 Å². The molecule has 0 unspecified atom stereocenters. The monoisotopic (exact) mass is 617 g/mol. The Morgan fingerprint density at radius 2 is 1.73 bits per heavy atom. The van der Waals surface area contributed by atoms with E-state index in [1.807, 2.05) is 36.9 Å². The normalized spacial score (nSPS) is 25.7. The number of likely N-dealkylation sites (tertiary alicyclic amines) is 1. The number of fused-ring (bicyclic) bond motifs is 4. The number of anilines is 1. The predicted molar refractivity (Wildman–Crippen MR) is 166 cm³/mol. The van der Waals surface area contributed by atoms with E-state index >= 15 is 0 Å². The lowest BCUT2D eigenvalue weighted by Crippen LogP contribution is -2.71. The fraction of sp³-hybridized carbons (Fsp3) is 0.485. The third-order valence-corrected chi connectivity index (χ3v) is 10.9. The molecule has 44 heavy (non-hydrogen) atoms. The molecule has 232 valence electrons. The van der Waals surface area contributed by atoms with E-state index in [1.165, 1.54) is 12.1 Å². The van der Waals surface area contributed by atoms with E-state index in [1.54, 1.807) is 18.2 Å². The fourth-order valence-corrected chi connectivity index (χ4v) is 8.18. The molecule has 2 saturated heterocycles. The zero-order valence-electron chi connectivity index (χ0n) is 25.5. The van der Waals surface area contributed by atoms with Crippen LogP contribution in [0.3, 0.4) is 0 Å². The summed E-state index contributed by atoms with van der Waals surface area (Å²) >= 11 is 0. The van der Waals surface area contributed by atoms with Gasteiger partial charge in [0.1, 0.15) is 6.61 Å². The van der Waals surface area contributed by atoms with E-state index in [2.05, 4.69) is 26.5 Å². The molecule has 3 aromatic rings. The van der Waals surface area contributed by atoms with Crippen molar-refractivity contribution in [3.8, 4) is 17.1 Å². The zero-order valence-corrected chi connectivity index (χ0v) is 26.3. The molecule has 10 nitrogen and oxygen atoms in total. The molecule has 1 spiro atoms. The number of nitrogens with one attached hydrogen (secondary N) is 1. The topological polar surface area (TPSA) is 114 Å². The molecule has 7 rings (SSSR count). The van der Waals surface area contributed by atoms with Gasteiger partial charge in [-0.25, -0.2) is 18.1 Å². The molecule has 3 aliphatic heterocycles. The molecular weight excluding hydrogens is 578 g/mol. The summed E-state index contributed by atoms with van der Waals surface area (Å²) in [6, 6.07) is 14.3. The SMILES string of the molecule is CCC[C@@H]1COc2cc(-c3c(C)cccc3C)nc(n2)NS(=O)(=O)c2cccc(c2)C(=O)N1C1CC(N2CC3(COC3)C2)C1. The van der Waals surface area contributed by atoms with Crippen molar-refractivity contribution in [2.75, 3.05) is 37.6 Å². The maximum Gasteiger partial charge on any atom is 0.264 e. The van der Waals surface area contributed by atoms with Crippen molar-refractivity contribution in [3.05, 3.63) is 65.2 Å². The Morgan fingerprint density at radius 3 is 2.41 bits per heavy atom. The molecule has 0 radical (unpaired) electrons. The van der Waals surface area contributed by atoms with Crippen molar-refractivity contribution in [1.29, 1.82) is 0 Å². The Hall–Kier alpha value is -3.54. The average Bonchev–Trinajstić information content (AvgIpc) is 2.92. The first-order valence-corrected chi connectivity index (χ1v) is 17.0. The number of rotatable bonds is 5. The lowest BCUT2D eigenvalue weighted by molar-refractivity contribution is -0.207. The third-order valence-electron chi connectivity index (χ3n) is 9.62. The molecule has 1 amide bonds. The van der Waals surface area contributed by atoms with E-state index in [0.29, 0.717) is 22.7 Å². The standard InChI is InChI=1S/C33H39N5O5S/c1-4-7-24-16-43-29-15-28(30-21(2)8-5-9-22(30)3)34-32(35-29)36-44(40,41)27-11-6-10-23(12-27)31(39)38(24)26-13-25(14-26)37-17-33(18-37)19-42-20-33/h5-6,8-12,15,24-26H,4,7,13-14,16-20H2,1-3H3,(H,34,35,36)/t24-,25?,26?/m1/s1. The van der Waals surface area contributed by atoms with Crippen LogP contribution in [0.2, 0.25) is 0 Å². The van der Waals surface area contributed by atoms with Gasteiger partial charge < -0.3 is 14.4 Å². The van der Waals surface area contributed by atoms with Crippen molar-refractivity contribution in [3.63, 3.8) is 0 Å². The highest BCUT2D eigenvalue weighted by molar-refractivity contribution is 7.92. The Kier molecular flexibility index (Phi) is 7.37. The highest BCUT2D eigenvalue weighted by Crippen LogP contribution is 2.44. The highest BCUT2D eigenvalue weighted by atomic mass is 32.2. The second-order valence-electron chi connectivity index (χ2n) is 13.0. The van der Waals surface area contributed by atoms with Gasteiger partial charge in [0.05, 0.1) is 29.8 Å². The summed E-state index contributed by atoms with van der Waals surface area (Å²) in [5.74, 6) is 0.00854. The second-order valence-corrected chi connectivity index (χ2v) is 14.6. The second kappa shape index (κ2) is 11.1. The Morgan fingerprint density at radius 1 is 1.00 bits per heavy atom. The van der Waals surface area contributed by atoms with E-state index in [-0.39, 0.29) is 41.3 Å². The van der Waals surface area contributed by atoms with Gasteiger partial charge in [0.25, 0.3) is 15.9 Å². The number of ether oxygens (including phenoxy) is 2. The van der Waals surface area contributed by atoms with Gasteiger partial charge in [-0.3, -0.25) is 9.69 Å². The molecule has 4 heterocycles. The summed E-state index contributed by atoms with van der Waals surface area (Å²) in [6.45, 7) is 10.2. The average molecular weight is 618 g/mol. The number of hydrogen-bond donors (Lipinski definition) is 1. The van der Waals surface area contributed by atoms with E-state index in [9.17, 15) is 13.2 Å². The maximum atomic E-state index is 14.3. The largest absolute Gasteiger partial charge is 0.475 e. The van der Waals surface area contributed by atoms with E-state index < -0.39 is 10.0 Å². The Balaban J connectivity index is 1.25. The number of amides is 1. The molecule has 1 aromatic heterocycles. The third kappa shape index (κ3) is 5.24. The van der Waals surface area contributed by atoms with Gasteiger partial charge in [-0.15, -0.1) is 0 Å². The van der Waals surface area contributed by atoms with Crippen molar-refractivity contribution in [1.82, 2.24) is 19.8 Å². The summed E-state index contributed by atoms with van der Waals surface area (Å²) < 4.78 is 41.5. The smallest absolute Gasteiger partial charge is 0.264 e. The highest BCUT2D eigenvalue weighted by Gasteiger charge is 2.53. The molecule has 3 fully saturated rings. The van der Waals surface area contributed by atoms with Gasteiger partial charge in [-0.1, -0.05) is 37.6 Å². The van der Waals surface area contributed by atoms with Crippen LogP contribution in [0.1, 0.15) is 54.1 Å². The summed E-state index contributed by atoms with van der Waals surface area (Å²) in [5.41, 5.74) is 4.17. The maximum absolute atomic E-state index is 14.3. The summed E-state index contributed by atoms with van der Waals surface area (Å²) in [7, 11) is -4.10. The van der Waals surface area contributed by atoms with Crippen LogP contribution >= 0.6 is 0 Å². The number of sulfonamides is 1. The zero-order chi connectivity index (χ0) is 30.6. The lowest BCUT2D eigenvalue weighted by Gasteiger charge is -2.61. The van der Waals surface area contributed by atoms with E-state index in [0.717, 1.165) is 68.7 Å². The molecule has 4 bridgehead atoms. The number of hydrogen-bond acceptors (Lipinski definition) is 8. The molecule has 1 saturated carbocycles. The molecule has 11 heteroatoms. The number of carbonyl (C=O) groups excluding carboxylic acids is 1. The van der Waals surface area contributed by atoms with Gasteiger partial charge in [-0.05, 0) is 62.4 Å². The van der Waals surface area contributed by atoms with Crippen LogP contribution in [0.25, 0.3) is 11.3 Å². The minimum atomic E-state index is -4.10. The van der Waals surface area contributed by atoms with E-state index in [4.69, 9.17) is 9.47 Å². The Labute approximate surface area is 258 Å². The fourth-order valence-electron chi connectivity index (χ4n) is 7.19. The first kappa shape index (κ1) is 29.2. The molecule has 2 aromatic carbocycles. The minimum Gasteiger partial charge on any atom is -0.475 e. The lowest BCUT2D eigenvalue weighted by atomic mass is 9.73. The van der Waals surface area contributed by atoms with Gasteiger partial charge >= 0.3 is 0 Å². The van der Waals surface area contributed by atoms with Gasteiger partial charge in [0.2, 0.25) is 11.8 Å². The number of nitrogens with zero attached hydrogens (tertiary/aromatic N) is 4. The summed E-state index contributed by atoms with van der Waals surface area (Å²) in [4.78, 5) is 27.8. The van der Waals surface area contributed by atoms with Crippen molar-refractivity contribution < 1.29 is 22.7 Å². The minimum absolute atomic E-state index is 0.0155. The van der Waals surface area contributed by atoms with Crippen LogP contribution in [0.5, 0.6) is 5.88 Å². The summed E-state index contributed by atoms with van der Waals surface area (Å²) in [5, 5.41) is 0. The van der Waals surface area contributed by atoms with Crippen molar-refractivity contribution in [2.45, 2.75) is 69.5 Å². The van der Waals surface area contributed by atoms with Crippen LogP contribution in [0.4, 0.5) is 5.95 Å². The number of aromatic nitrogens is 2. The molecule has 1 atom stereocenters. The number of benzene rings is 2. The number of carbonyl (C=O) groups is 1. The van der Waals surface area contributed by atoms with Gasteiger partial charge in [0, 0.05) is 47.8 Å². The Bertz CT molecular complexity index is 1670. The number of aryl methyl sites for hydroxylation is 2. The van der Waals surface area contributed by atoms with Crippen LogP contribution in [0, 0.1) is 19.3 Å². The van der Waals surface area contributed by atoms with Gasteiger partial charge in [-0.2, -0.15) is 4.98 Å². The van der Waals surface area contributed by atoms with Crippen molar-refractivity contribution >= 4 is 21.9 Å². The first-order chi connectivity index (χ1) is 21.1. The quantitative estimate of drug-likeness (QED) is 0.448. The summed E-state index contributed by atoms with van der Waals surface area (Å²) in [6.07, 6.45) is 3.38. The predicted octanol–water partition coefficient (Wildman–Crippen LogP) is 4.43. The van der Waals surface area contributed by atoms with Crippen LogP contribution in [-0.2, 0) is 14.8 Å². The molecule has 4 aliphatic rings. The molecular formula is C33H39N5O5S. The van der Waals surface area contributed by atoms with Gasteiger partial charge in [0.15, 0.2) is 0 Å².